The molecule has 1 atom stereocenters. The number of thioether (sulfide) groups is 1. The summed E-state index contributed by atoms with van der Waals surface area (Å²) >= 11 is 1.51. The lowest BCUT2D eigenvalue weighted by Crippen LogP contribution is -2.26. The number of rotatable bonds is 13. The number of ketones is 2. The average molecular weight is 315 g/mol. The third-order valence-electron chi connectivity index (χ3n) is 3.32. The van der Waals surface area contributed by atoms with Crippen molar-refractivity contribution < 1.29 is 14.4 Å². The first-order valence-electron chi connectivity index (χ1n) is 7.77. The van der Waals surface area contributed by atoms with Gasteiger partial charge in [-0.3, -0.25) is 9.59 Å². The topological polar surface area (TPSA) is 63.2 Å². The zero-order valence-electron chi connectivity index (χ0n) is 13.6. The lowest BCUT2D eigenvalue weighted by atomic mass is 10.1. The van der Waals surface area contributed by atoms with E-state index in [1.54, 1.807) is 13.8 Å². The Morgan fingerprint density at radius 1 is 1.00 bits per heavy atom. The SMILES string of the molecule is CC(=O)CCCCCCCNC(=O)CSC[C@@H](C)C(C)=O. The molecule has 21 heavy (non-hydrogen) atoms. The van der Waals surface area contributed by atoms with Crippen LogP contribution in [0.3, 0.4) is 0 Å². The molecule has 0 aliphatic carbocycles. The van der Waals surface area contributed by atoms with Crippen LogP contribution in [0.15, 0.2) is 0 Å². The largest absolute Gasteiger partial charge is 0.355 e. The van der Waals surface area contributed by atoms with E-state index in [9.17, 15) is 14.4 Å². The standard InChI is InChI=1S/C16H29NO3S/c1-13(15(3)19)11-21-12-16(20)17-10-8-6-4-5-7-9-14(2)18/h13H,4-12H2,1-3H3,(H,17,20)/t13-/m1/s1. The van der Waals surface area contributed by atoms with Crippen LogP contribution in [0.5, 0.6) is 0 Å². The van der Waals surface area contributed by atoms with Gasteiger partial charge in [0.25, 0.3) is 0 Å². The Bertz CT molecular complexity index is 331. The molecular weight excluding hydrogens is 286 g/mol. The fourth-order valence-corrected chi connectivity index (χ4v) is 2.75. The van der Waals surface area contributed by atoms with E-state index in [1.807, 2.05) is 6.92 Å². The van der Waals surface area contributed by atoms with E-state index in [-0.39, 0.29) is 23.4 Å². The minimum Gasteiger partial charge on any atom is -0.355 e. The number of carbonyl (C=O) groups is 3. The predicted octanol–water partition coefficient (Wildman–Crippen LogP) is 2.99. The predicted molar refractivity (Wildman–Crippen MR) is 88.6 cm³/mol. The second-order valence-corrected chi connectivity index (χ2v) is 6.63. The maximum absolute atomic E-state index is 11.6. The van der Waals surface area contributed by atoms with Crippen LogP contribution in [0.4, 0.5) is 0 Å². The zero-order chi connectivity index (χ0) is 16.1. The van der Waals surface area contributed by atoms with Gasteiger partial charge < -0.3 is 10.1 Å². The molecule has 1 N–H and O–H groups in total. The summed E-state index contributed by atoms with van der Waals surface area (Å²) in [5.74, 6) is 1.64. The fraction of sp³-hybridized carbons (Fsp3) is 0.812. The second kappa shape index (κ2) is 12.9. The van der Waals surface area contributed by atoms with Crippen molar-refractivity contribution in [3.05, 3.63) is 0 Å². The number of nitrogens with one attached hydrogen (secondary N) is 1. The van der Waals surface area contributed by atoms with Gasteiger partial charge in [-0.2, -0.15) is 11.8 Å². The third kappa shape index (κ3) is 13.9. The summed E-state index contributed by atoms with van der Waals surface area (Å²) in [7, 11) is 0. The monoisotopic (exact) mass is 315 g/mol. The molecule has 5 heteroatoms. The van der Waals surface area contributed by atoms with Gasteiger partial charge >= 0.3 is 0 Å². The van der Waals surface area contributed by atoms with E-state index in [2.05, 4.69) is 5.32 Å². The molecule has 0 spiro atoms. The molecule has 1 amide bonds. The van der Waals surface area contributed by atoms with Crippen LogP contribution in [-0.2, 0) is 14.4 Å². The van der Waals surface area contributed by atoms with Crippen molar-refractivity contribution in [1.29, 1.82) is 0 Å². The van der Waals surface area contributed by atoms with Gasteiger partial charge in [-0.25, -0.2) is 0 Å². The van der Waals surface area contributed by atoms with Gasteiger partial charge in [-0.05, 0) is 26.7 Å². The molecule has 0 radical (unpaired) electrons. The number of Topliss-reactive ketones (excluding diaryl/α,β-unsaturated/α-hetero) is 2. The van der Waals surface area contributed by atoms with Gasteiger partial charge in [-0.15, -0.1) is 0 Å². The van der Waals surface area contributed by atoms with E-state index in [1.165, 1.54) is 11.8 Å². The van der Waals surface area contributed by atoms with E-state index in [4.69, 9.17) is 0 Å². The highest BCUT2D eigenvalue weighted by Crippen LogP contribution is 2.09. The summed E-state index contributed by atoms with van der Waals surface area (Å²) in [6, 6.07) is 0. The van der Waals surface area contributed by atoms with E-state index in [0.29, 0.717) is 24.5 Å². The molecule has 122 valence electrons. The van der Waals surface area contributed by atoms with Gasteiger partial charge in [0.1, 0.15) is 11.6 Å². The lowest BCUT2D eigenvalue weighted by molar-refractivity contribution is -0.120. The fourth-order valence-electron chi connectivity index (χ4n) is 1.75. The summed E-state index contributed by atoms with van der Waals surface area (Å²) in [5, 5.41) is 2.90. The van der Waals surface area contributed by atoms with E-state index < -0.39 is 0 Å². The highest BCUT2D eigenvalue weighted by molar-refractivity contribution is 7.99. The lowest BCUT2D eigenvalue weighted by Gasteiger charge is -2.07. The van der Waals surface area contributed by atoms with Crippen LogP contribution in [0.25, 0.3) is 0 Å². The molecular formula is C16H29NO3S. The van der Waals surface area contributed by atoms with Crippen molar-refractivity contribution in [2.45, 2.75) is 59.3 Å². The molecule has 0 saturated carbocycles. The van der Waals surface area contributed by atoms with Gasteiger partial charge in [0.2, 0.25) is 5.91 Å². The Kier molecular flexibility index (Phi) is 12.4. The summed E-state index contributed by atoms with van der Waals surface area (Å²) in [5.41, 5.74) is 0. The molecule has 0 aliphatic rings. The van der Waals surface area contributed by atoms with Crippen LogP contribution in [0, 0.1) is 5.92 Å². The van der Waals surface area contributed by atoms with Crippen molar-refractivity contribution in [2.24, 2.45) is 5.92 Å². The number of unbranched alkanes of at least 4 members (excludes halogenated alkanes) is 4. The van der Waals surface area contributed by atoms with Crippen LogP contribution < -0.4 is 5.32 Å². The normalized spacial score (nSPS) is 12.0. The Hall–Kier alpha value is -0.840. The van der Waals surface area contributed by atoms with Gasteiger partial charge in [0.15, 0.2) is 0 Å². The molecule has 0 saturated heterocycles. The van der Waals surface area contributed by atoms with Crippen LogP contribution >= 0.6 is 11.8 Å². The van der Waals surface area contributed by atoms with Gasteiger partial charge in [0, 0.05) is 24.6 Å². The van der Waals surface area contributed by atoms with Crippen LogP contribution in [0.2, 0.25) is 0 Å². The molecule has 0 fully saturated rings. The smallest absolute Gasteiger partial charge is 0.229 e. The average Bonchev–Trinajstić information content (AvgIpc) is 2.41. The van der Waals surface area contributed by atoms with Crippen molar-refractivity contribution in [3.63, 3.8) is 0 Å². The molecule has 0 aliphatic heterocycles. The quantitative estimate of drug-likeness (QED) is 0.531. The second-order valence-electron chi connectivity index (χ2n) is 5.60. The van der Waals surface area contributed by atoms with Crippen LogP contribution in [-0.4, -0.2) is 35.5 Å². The van der Waals surface area contributed by atoms with Crippen LogP contribution in [0.1, 0.15) is 59.3 Å². The first-order chi connectivity index (χ1) is 9.93. The van der Waals surface area contributed by atoms with Gasteiger partial charge in [0.05, 0.1) is 5.75 Å². The van der Waals surface area contributed by atoms with Crippen molar-refractivity contribution in [1.82, 2.24) is 5.32 Å². The molecule has 0 rings (SSSR count). The molecule has 0 bridgehead atoms. The summed E-state index contributed by atoms with van der Waals surface area (Å²) in [4.78, 5) is 33.3. The Morgan fingerprint density at radius 3 is 2.24 bits per heavy atom. The molecule has 4 nitrogen and oxygen atoms in total. The number of hydrogen-bond donors (Lipinski definition) is 1. The minimum atomic E-state index is 0.0257. The van der Waals surface area contributed by atoms with Crippen molar-refractivity contribution in [3.8, 4) is 0 Å². The van der Waals surface area contributed by atoms with E-state index >= 15 is 0 Å². The maximum Gasteiger partial charge on any atom is 0.229 e. The number of hydrogen-bond acceptors (Lipinski definition) is 4. The first kappa shape index (κ1) is 20.2. The first-order valence-corrected chi connectivity index (χ1v) is 8.93. The molecule has 0 aromatic rings. The van der Waals surface area contributed by atoms with E-state index in [0.717, 1.165) is 32.1 Å². The highest BCUT2D eigenvalue weighted by atomic mass is 32.2. The summed E-state index contributed by atoms with van der Waals surface area (Å²) in [6.45, 7) is 5.82. The highest BCUT2D eigenvalue weighted by Gasteiger charge is 2.08. The number of carbonyl (C=O) groups excluding carboxylic acids is 3. The minimum absolute atomic E-state index is 0.0257. The maximum atomic E-state index is 11.6. The Balaban J connectivity index is 3.34. The Morgan fingerprint density at radius 2 is 1.62 bits per heavy atom. The summed E-state index contributed by atoms with van der Waals surface area (Å²) < 4.78 is 0. The molecule has 0 unspecified atom stereocenters. The Labute approximate surface area is 132 Å². The molecule has 0 aromatic carbocycles. The summed E-state index contributed by atoms with van der Waals surface area (Å²) in [6.07, 6.45) is 5.95. The number of amides is 1. The van der Waals surface area contributed by atoms with Crippen molar-refractivity contribution >= 4 is 29.2 Å². The zero-order valence-corrected chi connectivity index (χ0v) is 14.4. The molecule has 0 aromatic heterocycles. The molecule has 0 heterocycles. The van der Waals surface area contributed by atoms with Crippen molar-refractivity contribution in [2.75, 3.05) is 18.1 Å². The van der Waals surface area contributed by atoms with Gasteiger partial charge in [-0.1, -0.05) is 26.2 Å². The third-order valence-corrected chi connectivity index (χ3v) is 4.52.